The summed E-state index contributed by atoms with van der Waals surface area (Å²) in [4.78, 5) is 0. The maximum Gasteiger partial charge on any atom is 0.267 e. The number of allylic oxidation sites excluding steroid dienone is 4. The van der Waals surface area contributed by atoms with Gasteiger partial charge in [-0.25, -0.2) is 9.13 Å². The van der Waals surface area contributed by atoms with E-state index in [1.165, 1.54) is 33.6 Å². The molecule has 24 heavy (non-hydrogen) atoms. The van der Waals surface area contributed by atoms with Crippen molar-refractivity contribution in [3.05, 3.63) is 83.7 Å². The van der Waals surface area contributed by atoms with E-state index in [0.29, 0.717) is 0 Å². The molecule has 0 fully saturated rings. The Balaban J connectivity index is 1.73. The van der Waals surface area contributed by atoms with Crippen molar-refractivity contribution in [1.82, 2.24) is 4.57 Å². The van der Waals surface area contributed by atoms with E-state index in [0.717, 1.165) is 12.8 Å². The zero-order valence-electron chi connectivity index (χ0n) is 14.2. The number of aromatic nitrogens is 2. The summed E-state index contributed by atoms with van der Waals surface area (Å²) in [5.74, 6) is 1.40. The number of imidazole rings is 1. The van der Waals surface area contributed by atoms with Crippen LogP contribution in [0.1, 0.15) is 24.2 Å². The predicted octanol–water partition coefficient (Wildman–Crippen LogP) is 4.06. The predicted molar refractivity (Wildman–Crippen MR) is 97.5 cm³/mol. The topological polar surface area (TPSA) is 8.81 Å². The number of hydrogen-bond acceptors (Lipinski definition) is 0. The summed E-state index contributed by atoms with van der Waals surface area (Å²) in [7, 11) is 4.41. The van der Waals surface area contributed by atoms with Crippen LogP contribution < -0.4 is 4.57 Å². The number of benzene rings is 2. The van der Waals surface area contributed by atoms with Gasteiger partial charge in [0.2, 0.25) is 0 Å². The third kappa shape index (κ3) is 1.68. The van der Waals surface area contributed by atoms with Crippen LogP contribution in [0, 0.1) is 0 Å². The van der Waals surface area contributed by atoms with Gasteiger partial charge in [-0.1, -0.05) is 54.6 Å². The van der Waals surface area contributed by atoms with E-state index in [9.17, 15) is 0 Å². The van der Waals surface area contributed by atoms with Gasteiger partial charge in [0.1, 0.15) is 0 Å². The van der Waals surface area contributed by atoms with Gasteiger partial charge in [0, 0.05) is 0 Å². The van der Waals surface area contributed by atoms with Gasteiger partial charge in [-0.2, -0.15) is 0 Å². The highest BCUT2D eigenvalue weighted by Gasteiger charge is 2.49. The molecule has 2 nitrogen and oxygen atoms in total. The fourth-order valence-corrected chi connectivity index (χ4v) is 4.75. The van der Waals surface area contributed by atoms with Crippen LogP contribution in [0.2, 0.25) is 0 Å². The van der Waals surface area contributed by atoms with Crippen molar-refractivity contribution < 1.29 is 4.57 Å². The Morgan fingerprint density at radius 1 is 1.00 bits per heavy atom. The van der Waals surface area contributed by atoms with Gasteiger partial charge < -0.3 is 0 Å². The third-order valence-electron chi connectivity index (χ3n) is 5.76. The summed E-state index contributed by atoms with van der Waals surface area (Å²) in [6.07, 6.45) is 7.19. The molecule has 1 atom stereocenters. The average molecular weight is 313 g/mol. The smallest absolute Gasteiger partial charge is 0.229 e. The quantitative estimate of drug-likeness (QED) is 0.631. The van der Waals surface area contributed by atoms with Crippen LogP contribution >= 0.6 is 0 Å². The molecule has 5 rings (SSSR count). The van der Waals surface area contributed by atoms with Crippen molar-refractivity contribution in [2.24, 2.45) is 14.1 Å². The number of rotatable bonds is 2. The van der Waals surface area contributed by atoms with Crippen LogP contribution in [0.25, 0.3) is 16.6 Å². The van der Waals surface area contributed by atoms with E-state index in [-0.39, 0.29) is 5.41 Å². The summed E-state index contributed by atoms with van der Waals surface area (Å²) >= 11 is 0. The number of aryl methyl sites for hydroxylation is 2. The molecule has 0 saturated heterocycles. The summed E-state index contributed by atoms with van der Waals surface area (Å²) in [6, 6.07) is 19.5. The first kappa shape index (κ1) is 13.8. The summed E-state index contributed by atoms with van der Waals surface area (Å²) in [5.41, 5.74) is 6.98. The van der Waals surface area contributed by atoms with Crippen molar-refractivity contribution in [2.45, 2.75) is 18.3 Å². The summed E-state index contributed by atoms with van der Waals surface area (Å²) < 4.78 is 4.77. The first-order valence-corrected chi connectivity index (χ1v) is 8.61. The minimum absolute atomic E-state index is 0.100. The lowest BCUT2D eigenvalue weighted by Crippen LogP contribution is -2.41. The number of nitrogens with zero attached hydrogens (tertiary/aromatic N) is 2. The van der Waals surface area contributed by atoms with E-state index in [1.807, 2.05) is 0 Å². The van der Waals surface area contributed by atoms with E-state index in [4.69, 9.17) is 0 Å². The maximum absolute atomic E-state index is 2.52. The molecule has 0 N–H and O–H groups in total. The van der Waals surface area contributed by atoms with Gasteiger partial charge in [-0.05, 0) is 41.7 Å². The van der Waals surface area contributed by atoms with Gasteiger partial charge in [-0.15, -0.1) is 0 Å². The second kappa shape index (κ2) is 4.70. The first-order valence-electron chi connectivity index (χ1n) is 8.61. The van der Waals surface area contributed by atoms with Gasteiger partial charge in [0.05, 0.1) is 19.5 Å². The lowest BCUT2D eigenvalue weighted by Gasteiger charge is -2.20. The Labute approximate surface area is 142 Å². The van der Waals surface area contributed by atoms with Gasteiger partial charge in [-0.3, -0.25) is 0 Å². The molecule has 3 aromatic rings. The Morgan fingerprint density at radius 3 is 2.54 bits per heavy atom. The summed E-state index contributed by atoms with van der Waals surface area (Å²) in [6.45, 7) is 0. The van der Waals surface area contributed by atoms with Crippen LogP contribution in [0.15, 0.2) is 72.3 Å². The van der Waals surface area contributed by atoms with Crippen LogP contribution in [0.5, 0.6) is 0 Å². The molecule has 2 aliphatic rings. The largest absolute Gasteiger partial charge is 0.267 e. The molecule has 0 aliphatic heterocycles. The molecule has 1 aromatic heterocycles. The van der Waals surface area contributed by atoms with E-state index in [2.05, 4.69) is 90.0 Å². The molecule has 2 heteroatoms. The molecule has 2 aliphatic carbocycles. The zero-order valence-corrected chi connectivity index (χ0v) is 14.2. The highest BCUT2D eigenvalue weighted by molar-refractivity contribution is 5.85. The van der Waals surface area contributed by atoms with E-state index < -0.39 is 0 Å². The molecule has 0 spiro atoms. The minimum atomic E-state index is 0.100. The van der Waals surface area contributed by atoms with Crippen molar-refractivity contribution in [1.29, 1.82) is 0 Å². The van der Waals surface area contributed by atoms with Crippen LogP contribution in [0.3, 0.4) is 0 Å². The SMILES string of the molecule is Cn1c(C23C=C(c4ccccc4)C(=CC2)C3)[n+](C)c2ccccc21. The third-order valence-corrected chi connectivity index (χ3v) is 5.76. The molecule has 0 amide bonds. The Hall–Kier alpha value is -2.61. The monoisotopic (exact) mass is 313 g/mol. The Kier molecular flexibility index (Phi) is 2.70. The molecule has 2 bridgehead atoms. The van der Waals surface area contributed by atoms with Gasteiger partial charge in [0.25, 0.3) is 5.82 Å². The highest BCUT2D eigenvalue weighted by atomic mass is 15.2. The second-order valence-electron chi connectivity index (χ2n) is 7.12. The van der Waals surface area contributed by atoms with Crippen LogP contribution in [-0.2, 0) is 19.5 Å². The molecular weight excluding hydrogens is 292 g/mol. The average Bonchev–Trinajstić information content (AvgIpc) is 3.28. The zero-order chi connectivity index (χ0) is 16.3. The fraction of sp³-hybridized carbons (Fsp3) is 0.227. The Bertz CT molecular complexity index is 982. The normalized spacial score (nSPS) is 22.1. The van der Waals surface area contributed by atoms with Crippen molar-refractivity contribution in [2.75, 3.05) is 0 Å². The van der Waals surface area contributed by atoms with E-state index >= 15 is 0 Å². The minimum Gasteiger partial charge on any atom is -0.229 e. The van der Waals surface area contributed by atoms with Crippen molar-refractivity contribution in [3.8, 4) is 0 Å². The molecule has 0 radical (unpaired) electrons. The van der Waals surface area contributed by atoms with E-state index in [1.54, 1.807) is 0 Å². The van der Waals surface area contributed by atoms with Crippen molar-refractivity contribution in [3.63, 3.8) is 0 Å². The van der Waals surface area contributed by atoms with Gasteiger partial charge in [0.15, 0.2) is 11.0 Å². The molecular formula is C22H21N2+. The molecule has 1 heterocycles. The lowest BCUT2D eigenvalue weighted by molar-refractivity contribution is -0.657. The second-order valence-corrected chi connectivity index (χ2v) is 7.12. The first-order chi connectivity index (χ1) is 11.7. The molecule has 0 saturated carbocycles. The van der Waals surface area contributed by atoms with Crippen LogP contribution in [-0.4, -0.2) is 4.57 Å². The molecule has 2 aromatic carbocycles. The fourth-order valence-electron chi connectivity index (χ4n) is 4.75. The summed E-state index contributed by atoms with van der Waals surface area (Å²) in [5, 5.41) is 0. The van der Waals surface area contributed by atoms with Crippen molar-refractivity contribution >= 4 is 16.6 Å². The van der Waals surface area contributed by atoms with Crippen LogP contribution in [0.4, 0.5) is 0 Å². The lowest BCUT2D eigenvalue weighted by atomic mass is 9.85. The Morgan fingerprint density at radius 2 is 1.75 bits per heavy atom. The number of para-hydroxylation sites is 2. The standard InChI is InChI=1S/C22H21N2/c1-23-19-10-6-7-11-20(19)24(2)21(23)22-13-12-17(14-22)18(15-22)16-8-4-3-5-9-16/h3-12,15H,13-14H2,1-2H3/q+1. The number of hydrogen-bond donors (Lipinski definition) is 0. The maximum atomic E-state index is 2.52. The van der Waals surface area contributed by atoms with Gasteiger partial charge >= 0.3 is 0 Å². The number of fused-ring (bicyclic) bond motifs is 3. The highest BCUT2D eigenvalue weighted by Crippen LogP contribution is 2.52. The molecule has 118 valence electrons. The molecule has 1 unspecified atom stereocenters.